The van der Waals surface area contributed by atoms with Crippen LogP contribution in [0.1, 0.15) is 0 Å². The van der Waals surface area contributed by atoms with E-state index in [0.717, 1.165) is 17.0 Å². The van der Waals surface area contributed by atoms with E-state index in [4.69, 9.17) is 9.47 Å². The summed E-state index contributed by atoms with van der Waals surface area (Å²) < 4.78 is 13.0. The number of ether oxygens (including phenoxy) is 2. The first-order chi connectivity index (χ1) is 10.3. The van der Waals surface area contributed by atoms with Crippen LogP contribution in [-0.2, 0) is 6.54 Å². The highest BCUT2D eigenvalue weighted by Crippen LogP contribution is 2.17. The van der Waals surface area contributed by atoms with Crippen molar-refractivity contribution in [3.05, 3.63) is 52.4 Å². The number of aromatic nitrogens is 2. The molecule has 3 aromatic rings. The Balaban J connectivity index is 1.66. The molecule has 0 aliphatic carbocycles. The second-order valence-electron chi connectivity index (χ2n) is 4.40. The molecule has 3 rings (SSSR count). The van der Waals surface area contributed by atoms with Crippen molar-refractivity contribution in [2.75, 3.05) is 13.7 Å². The van der Waals surface area contributed by atoms with Crippen LogP contribution >= 0.6 is 11.3 Å². The van der Waals surface area contributed by atoms with Crippen LogP contribution in [0.3, 0.4) is 0 Å². The third kappa shape index (κ3) is 2.90. The van der Waals surface area contributed by atoms with E-state index in [0.29, 0.717) is 17.9 Å². The third-order valence-corrected chi connectivity index (χ3v) is 3.99. The highest BCUT2D eigenvalue weighted by Gasteiger charge is 2.05. The molecular weight excluding hydrogens is 288 g/mol. The smallest absolute Gasteiger partial charge is 0.271 e. The van der Waals surface area contributed by atoms with Gasteiger partial charge in [-0.25, -0.2) is 4.98 Å². The summed E-state index contributed by atoms with van der Waals surface area (Å²) in [5.74, 6) is 1.53. The molecule has 2 heterocycles. The summed E-state index contributed by atoms with van der Waals surface area (Å²) in [6, 6.07) is 9.19. The predicted molar refractivity (Wildman–Crippen MR) is 82.4 cm³/mol. The zero-order valence-corrected chi connectivity index (χ0v) is 12.3. The summed E-state index contributed by atoms with van der Waals surface area (Å²) >= 11 is 1.41. The van der Waals surface area contributed by atoms with Crippen LogP contribution in [0.15, 0.2) is 46.8 Å². The third-order valence-electron chi connectivity index (χ3n) is 3.10. The summed E-state index contributed by atoms with van der Waals surface area (Å²) in [5.41, 5.74) is 0.727. The van der Waals surface area contributed by atoms with Crippen molar-refractivity contribution >= 4 is 21.6 Å². The van der Waals surface area contributed by atoms with Gasteiger partial charge in [0.05, 0.1) is 25.5 Å². The van der Waals surface area contributed by atoms with E-state index in [2.05, 4.69) is 4.98 Å². The second-order valence-corrected chi connectivity index (χ2v) is 5.32. The molecule has 0 saturated heterocycles. The minimum Gasteiger partial charge on any atom is -0.497 e. The van der Waals surface area contributed by atoms with Crippen LogP contribution in [0.4, 0.5) is 0 Å². The highest BCUT2D eigenvalue weighted by molar-refractivity contribution is 7.17. The van der Waals surface area contributed by atoms with Crippen molar-refractivity contribution in [3.8, 4) is 11.5 Å². The van der Waals surface area contributed by atoms with Gasteiger partial charge >= 0.3 is 0 Å². The Labute approximate surface area is 125 Å². The minimum atomic E-state index is -0.0201. The van der Waals surface area contributed by atoms with Crippen LogP contribution < -0.4 is 15.0 Å². The summed E-state index contributed by atoms with van der Waals surface area (Å²) in [6.45, 7) is 0.872. The predicted octanol–water partition coefficient (Wildman–Crippen LogP) is 2.55. The molecule has 1 aromatic carbocycles. The molecule has 0 radical (unpaired) electrons. The number of hydrogen-bond donors (Lipinski definition) is 0. The molecule has 21 heavy (non-hydrogen) atoms. The molecule has 0 amide bonds. The van der Waals surface area contributed by atoms with Gasteiger partial charge in [0.1, 0.15) is 22.8 Å². The first-order valence-corrected chi connectivity index (χ1v) is 7.35. The molecule has 6 heteroatoms. The van der Waals surface area contributed by atoms with Crippen molar-refractivity contribution < 1.29 is 9.47 Å². The lowest BCUT2D eigenvalue weighted by Crippen LogP contribution is -2.22. The van der Waals surface area contributed by atoms with Crippen LogP contribution in [0.2, 0.25) is 0 Å². The largest absolute Gasteiger partial charge is 0.497 e. The Morgan fingerprint density at radius 2 is 1.95 bits per heavy atom. The second kappa shape index (κ2) is 5.97. The Bertz CT molecular complexity index is 793. The molecule has 5 nitrogen and oxygen atoms in total. The topological polar surface area (TPSA) is 53.4 Å². The maximum absolute atomic E-state index is 12.2. The maximum atomic E-state index is 12.2. The lowest BCUT2D eigenvalue weighted by atomic mass is 10.3. The fraction of sp³-hybridized carbons (Fsp3) is 0.200. The van der Waals surface area contributed by atoms with E-state index in [1.54, 1.807) is 18.0 Å². The van der Waals surface area contributed by atoms with E-state index in [1.165, 1.54) is 11.3 Å². The minimum absolute atomic E-state index is 0.0201. The van der Waals surface area contributed by atoms with Gasteiger partial charge in [-0.2, -0.15) is 0 Å². The molecular formula is C15H14N2O3S. The van der Waals surface area contributed by atoms with Crippen molar-refractivity contribution in [1.29, 1.82) is 0 Å². The molecule has 0 atom stereocenters. The zero-order chi connectivity index (χ0) is 14.7. The van der Waals surface area contributed by atoms with Gasteiger partial charge in [-0.15, -0.1) is 11.3 Å². The van der Waals surface area contributed by atoms with Crippen LogP contribution in [-0.4, -0.2) is 23.3 Å². The number of rotatable bonds is 5. The number of hydrogen-bond acceptors (Lipinski definition) is 5. The Hall–Kier alpha value is -2.34. The Morgan fingerprint density at radius 1 is 1.19 bits per heavy atom. The van der Waals surface area contributed by atoms with Crippen LogP contribution in [0, 0.1) is 0 Å². The van der Waals surface area contributed by atoms with Crippen molar-refractivity contribution in [3.63, 3.8) is 0 Å². The van der Waals surface area contributed by atoms with E-state index in [1.807, 2.05) is 35.7 Å². The number of benzene rings is 1. The first-order valence-electron chi connectivity index (χ1n) is 6.47. The van der Waals surface area contributed by atoms with Crippen molar-refractivity contribution in [2.45, 2.75) is 6.54 Å². The highest BCUT2D eigenvalue weighted by atomic mass is 32.1. The first kappa shape index (κ1) is 13.6. The van der Waals surface area contributed by atoms with Gasteiger partial charge in [0.2, 0.25) is 0 Å². The number of methoxy groups -OCH3 is 1. The summed E-state index contributed by atoms with van der Waals surface area (Å²) in [6.07, 6.45) is 1.56. The quantitative estimate of drug-likeness (QED) is 0.727. The number of fused-ring (bicyclic) bond motifs is 1. The van der Waals surface area contributed by atoms with Gasteiger partial charge < -0.3 is 9.47 Å². The zero-order valence-electron chi connectivity index (χ0n) is 11.5. The maximum Gasteiger partial charge on any atom is 0.271 e. The van der Waals surface area contributed by atoms with Gasteiger partial charge in [-0.1, -0.05) is 0 Å². The summed E-state index contributed by atoms with van der Waals surface area (Å²) in [7, 11) is 1.62. The summed E-state index contributed by atoms with van der Waals surface area (Å²) in [4.78, 5) is 16.4. The SMILES string of the molecule is COc1ccc(OCCn2cnc3ccsc3c2=O)cc1. The molecule has 0 aliphatic rings. The number of thiophene rings is 1. The Kier molecular flexibility index (Phi) is 3.87. The molecule has 2 aromatic heterocycles. The molecule has 0 unspecified atom stereocenters. The molecule has 0 fully saturated rings. The van der Waals surface area contributed by atoms with E-state index < -0.39 is 0 Å². The fourth-order valence-electron chi connectivity index (χ4n) is 1.97. The molecule has 0 bridgehead atoms. The van der Waals surface area contributed by atoms with Crippen LogP contribution in [0.25, 0.3) is 10.2 Å². The average molecular weight is 302 g/mol. The molecule has 0 aliphatic heterocycles. The van der Waals surface area contributed by atoms with E-state index in [9.17, 15) is 4.79 Å². The lowest BCUT2D eigenvalue weighted by Gasteiger charge is -2.08. The van der Waals surface area contributed by atoms with Gasteiger partial charge in [0, 0.05) is 0 Å². The lowest BCUT2D eigenvalue weighted by molar-refractivity contribution is 0.295. The fourth-order valence-corrected chi connectivity index (χ4v) is 2.76. The molecule has 108 valence electrons. The molecule has 0 N–H and O–H groups in total. The molecule has 0 spiro atoms. The Morgan fingerprint density at radius 3 is 2.71 bits per heavy atom. The number of nitrogens with zero attached hydrogens (tertiary/aromatic N) is 2. The monoisotopic (exact) mass is 302 g/mol. The van der Waals surface area contributed by atoms with Gasteiger partial charge in [-0.05, 0) is 35.7 Å². The average Bonchev–Trinajstić information content (AvgIpc) is 3.00. The van der Waals surface area contributed by atoms with Crippen LogP contribution in [0.5, 0.6) is 11.5 Å². The van der Waals surface area contributed by atoms with E-state index >= 15 is 0 Å². The van der Waals surface area contributed by atoms with Gasteiger partial charge in [0.15, 0.2) is 0 Å². The van der Waals surface area contributed by atoms with Crippen molar-refractivity contribution in [1.82, 2.24) is 9.55 Å². The summed E-state index contributed by atoms with van der Waals surface area (Å²) in [5, 5.41) is 1.87. The molecule has 0 saturated carbocycles. The van der Waals surface area contributed by atoms with Gasteiger partial charge in [-0.3, -0.25) is 9.36 Å². The van der Waals surface area contributed by atoms with E-state index in [-0.39, 0.29) is 5.56 Å². The van der Waals surface area contributed by atoms with Gasteiger partial charge in [0.25, 0.3) is 5.56 Å². The normalized spacial score (nSPS) is 10.7. The standard InChI is InChI=1S/C15H14N2O3S/c1-19-11-2-4-12(5-3-11)20-8-7-17-10-16-13-6-9-21-14(13)15(17)18/h2-6,9-10H,7-8H2,1H3. The van der Waals surface area contributed by atoms with Crippen molar-refractivity contribution in [2.24, 2.45) is 0 Å².